The van der Waals surface area contributed by atoms with E-state index in [1.807, 2.05) is 12.1 Å². The molecule has 0 bridgehead atoms. The van der Waals surface area contributed by atoms with Gasteiger partial charge in [0.2, 0.25) is 0 Å². The largest absolute Gasteiger partial charge is 0.497 e. The molecule has 3 heteroatoms. The third kappa shape index (κ3) is 3.74. The lowest BCUT2D eigenvalue weighted by atomic mass is 10.1. The third-order valence-corrected chi connectivity index (χ3v) is 3.56. The molecule has 0 unspecified atom stereocenters. The van der Waals surface area contributed by atoms with Crippen molar-refractivity contribution in [2.45, 2.75) is 19.9 Å². The van der Waals surface area contributed by atoms with Crippen LogP contribution in [-0.4, -0.2) is 7.11 Å². The molecular formula is C16H18BrNO. The normalized spacial score (nSPS) is 10.3. The van der Waals surface area contributed by atoms with Gasteiger partial charge in [-0.3, -0.25) is 0 Å². The summed E-state index contributed by atoms with van der Waals surface area (Å²) in [6, 6.07) is 14.5. The van der Waals surface area contributed by atoms with E-state index in [0.717, 1.165) is 23.2 Å². The molecule has 0 aliphatic carbocycles. The van der Waals surface area contributed by atoms with E-state index in [1.165, 1.54) is 16.8 Å². The van der Waals surface area contributed by atoms with Gasteiger partial charge in [-0.1, -0.05) is 35.0 Å². The van der Waals surface area contributed by atoms with E-state index in [2.05, 4.69) is 58.5 Å². The Morgan fingerprint density at radius 2 is 2.00 bits per heavy atom. The van der Waals surface area contributed by atoms with E-state index in [4.69, 9.17) is 4.74 Å². The molecule has 0 aromatic heterocycles. The van der Waals surface area contributed by atoms with Crippen molar-refractivity contribution >= 4 is 21.6 Å². The smallest absolute Gasteiger partial charge is 0.119 e. The Labute approximate surface area is 122 Å². The molecule has 0 amide bonds. The second-order valence-electron chi connectivity index (χ2n) is 4.36. The molecule has 0 atom stereocenters. The Balaban J connectivity index is 2.09. The summed E-state index contributed by atoms with van der Waals surface area (Å²) in [6.07, 6.45) is 1.01. The minimum atomic E-state index is 0.797. The first kappa shape index (κ1) is 13.9. The summed E-state index contributed by atoms with van der Waals surface area (Å²) in [7, 11) is 1.69. The van der Waals surface area contributed by atoms with Crippen molar-refractivity contribution in [1.29, 1.82) is 0 Å². The van der Waals surface area contributed by atoms with Crippen molar-refractivity contribution in [3.63, 3.8) is 0 Å². The number of rotatable bonds is 5. The highest BCUT2D eigenvalue weighted by molar-refractivity contribution is 9.10. The highest BCUT2D eigenvalue weighted by Crippen LogP contribution is 2.22. The van der Waals surface area contributed by atoms with Gasteiger partial charge in [0.15, 0.2) is 0 Å². The molecule has 0 spiro atoms. The van der Waals surface area contributed by atoms with Crippen molar-refractivity contribution < 1.29 is 4.74 Å². The van der Waals surface area contributed by atoms with Crippen LogP contribution in [0.25, 0.3) is 0 Å². The maximum Gasteiger partial charge on any atom is 0.119 e. The van der Waals surface area contributed by atoms with E-state index >= 15 is 0 Å². The zero-order valence-corrected chi connectivity index (χ0v) is 12.8. The fourth-order valence-electron chi connectivity index (χ4n) is 2.01. The quantitative estimate of drug-likeness (QED) is 0.867. The topological polar surface area (TPSA) is 21.3 Å². The van der Waals surface area contributed by atoms with Crippen molar-refractivity contribution in [3.05, 3.63) is 58.1 Å². The molecule has 2 aromatic rings. The van der Waals surface area contributed by atoms with E-state index in [-0.39, 0.29) is 0 Å². The Bertz CT molecular complexity index is 554. The van der Waals surface area contributed by atoms with Crippen LogP contribution in [-0.2, 0) is 13.0 Å². The molecule has 0 aliphatic rings. The van der Waals surface area contributed by atoms with Crippen molar-refractivity contribution in [2.75, 3.05) is 12.4 Å². The minimum absolute atomic E-state index is 0.797. The molecule has 0 fully saturated rings. The van der Waals surface area contributed by atoms with Crippen molar-refractivity contribution in [1.82, 2.24) is 0 Å². The third-order valence-electron chi connectivity index (χ3n) is 3.07. The van der Waals surface area contributed by atoms with Gasteiger partial charge in [0, 0.05) is 16.7 Å². The second-order valence-corrected chi connectivity index (χ2v) is 5.28. The first-order valence-electron chi connectivity index (χ1n) is 6.38. The highest BCUT2D eigenvalue weighted by atomic mass is 79.9. The number of nitrogens with one attached hydrogen (secondary N) is 1. The summed E-state index contributed by atoms with van der Waals surface area (Å²) >= 11 is 3.51. The Kier molecular flexibility index (Phi) is 4.86. The maximum absolute atomic E-state index is 5.23. The predicted molar refractivity (Wildman–Crippen MR) is 83.8 cm³/mol. The van der Waals surface area contributed by atoms with E-state index in [9.17, 15) is 0 Å². The highest BCUT2D eigenvalue weighted by Gasteiger charge is 2.02. The summed E-state index contributed by atoms with van der Waals surface area (Å²) in [5.41, 5.74) is 3.72. The van der Waals surface area contributed by atoms with Gasteiger partial charge in [-0.2, -0.15) is 0 Å². The summed E-state index contributed by atoms with van der Waals surface area (Å²) in [5, 5.41) is 3.48. The zero-order chi connectivity index (χ0) is 13.7. The van der Waals surface area contributed by atoms with Crippen LogP contribution in [0.15, 0.2) is 46.9 Å². The maximum atomic E-state index is 5.23. The van der Waals surface area contributed by atoms with Gasteiger partial charge in [0.25, 0.3) is 0 Å². The van der Waals surface area contributed by atoms with Gasteiger partial charge < -0.3 is 10.1 Å². The lowest BCUT2D eigenvalue weighted by Crippen LogP contribution is -2.02. The Hall–Kier alpha value is -1.48. The predicted octanol–water partition coefficient (Wildman–Crippen LogP) is 4.63. The molecule has 0 saturated carbocycles. The van der Waals surface area contributed by atoms with Crippen LogP contribution >= 0.6 is 15.9 Å². The minimum Gasteiger partial charge on any atom is -0.497 e. The van der Waals surface area contributed by atoms with Gasteiger partial charge in [0.1, 0.15) is 5.75 Å². The number of anilines is 1. The molecule has 0 heterocycles. The van der Waals surface area contributed by atoms with Crippen LogP contribution in [0.3, 0.4) is 0 Å². The number of hydrogen-bond acceptors (Lipinski definition) is 2. The molecule has 0 radical (unpaired) electrons. The summed E-state index contributed by atoms with van der Waals surface area (Å²) < 4.78 is 6.36. The van der Waals surface area contributed by atoms with Gasteiger partial charge in [-0.05, 0) is 47.9 Å². The van der Waals surface area contributed by atoms with Gasteiger partial charge >= 0.3 is 0 Å². The van der Waals surface area contributed by atoms with Crippen LogP contribution < -0.4 is 10.1 Å². The number of methoxy groups -OCH3 is 1. The molecular weight excluding hydrogens is 302 g/mol. The van der Waals surface area contributed by atoms with Gasteiger partial charge in [-0.15, -0.1) is 0 Å². The van der Waals surface area contributed by atoms with Crippen molar-refractivity contribution in [3.8, 4) is 5.75 Å². The van der Waals surface area contributed by atoms with Gasteiger partial charge in [-0.25, -0.2) is 0 Å². The SMILES string of the molecule is CCc1cc(Br)ccc1NCc1cccc(OC)c1. The number of halogens is 1. The molecule has 2 nitrogen and oxygen atoms in total. The second kappa shape index (κ2) is 6.62. The number of aryl methyl sites for hydroxylation is 1. The molecule has 1 N–H and O–H groups in total. The monoisotopic (exact) mass is 319 g/mol. The lowest BCUT2D eigenvalue weighted by molar-refractivity contribution is 0.414. The van der Waals surface area contributed by atoms with Crippen LogP contribution in [0, 0.1) is 0 Å². The zero-order valence-electron chi connectivity index (χ0n) is 11.2. The molecule has 0 aliphatic heterocycles. The van der Waals surface area contributed by atoms with Crippen LogP contribution in [0.2, 0.25) is 0 Å². The first-order chi connectivity index (χ1) is 9.22. The number of ether oxygens (including phenoxy) is 1. The average Bonchev–Trinajstić information content (AvgIpc) is 2.46. The fourth-order valence-corrected chi connectivity index (χ4v) is 2.42. The molecule has 19 heavy (non-hydrogen) atoms. The van der Waals surface area contributed by atoms with E-state index < -0.39 is 0 Å². The Morgan fingerprint density at radius 3 is 2.74 bits per heavy atom. The average molecular weight is 320 g/mol. The van der Waals surface area contributed by atoms with E-state index in [1.54, 1.807) is 7.11 Å². The molecule has 2 aromatic carbocycles. The van der Waals surface area contributed by atoms with Gasteiger partial charge in [0.05, 0.1) is 7.11 Å². The summed E-state index contributed by atoms with van der Waals surface area (Å²) in [6.45, 7) is 2.96. The van der Waals surface area contributed by atoms with E-state index in [0.29, 0.717) is 0 Å². The summed E-state index contributed by atoms with van der Waals surface area (Å²) in [4.78, 5) is 0. The fraction of sp³-hybridized carbons (Fsp3) is 0.250. The Morgan fingerprint density at radius 1 is 1.16 bits per heavy atom. The number of hydrogen-bond donors (Lipinski definition) is 1. The van der Waals surface area contributed by atoms with Crippen molar-refractivity contribution in [2.24, 2.45) is 0 Å². The summed E-state index contributed by atoms with van der Waals surface area (Å²) in [5.74, 6) is 0.894. The lowest BCUT2D eigenvalue weighted by Gasteiger charge is -2.12. The molecule has 2 rings (SSSR count). The van der Waals surface area contributed by atoms with Crippen LogP contribution in [0.1, 0.15) is 18.1 Å². The van der Waals surface area contributed by atoms with Crippen LogP contribution in [0.5, 0.6) is 5.75 Å². The van der Waals surface area contributed by atoms with Crippen LogP contribution in [0.4, 0.5) is 5.69 Å². The molecule has 0 saturated heterocycles. The number of benzene rings is 2. The standard InChI is InChI=1S/C16H18BrNO/c1-3-13-10-14(17)7-8-16(13)18-11-12-5-4-6-15(9-12)19-2/h4-10,18H,3,11H2,1-2H3. The molecule has 100 valence electrons. The first-order valence-corrected chi connectivity index (χ1v) is 7.17.